The van der Waals surface area contributed by atoms with E-state index in [1.807, 2.05) is 24.3 Å². The van der Waals surface area contributed by atoms with Gasteiger partial charge in [-0.15, -0.1) is 0 Å². The Kier molecular flexibility index (Phi) is 6.57. The van der Waals surface area contributed by atoms with Gasteiger partial charge in [-0.1, -0.05) is 6.07 Å². The first-order valence-electron chi connectivity index (χ1n) is 9.09. The van der Waals surface area contributed by atoms with Crippen LogP contribution in [0.25, 0.3) is 0 Å². The fourth-order valence-corrected chi connectivity index (χ4v) is 2.85. The Hall–Kier alpha value is -2.44. The summed E-state index contributed by atoms with van der Waals surface area (Å²) in [5, 5.41) is 3.35. The van der Waals surface area contributed by atoms with Crippen molar-refractivity contribution in [1.82, 2.24) is 5.32 Å². The predicted molar refractivity (Wildman–Crippen MR) is 104 cm³/mol. The molecule has 1 saturated heterocycles. The van der Waals surface area contributed by atoms with Crippen molar-refractivity contribution in [2.45, 2.75) is 25.4 Å². The lowest BCUT2D eigenvalue weighted by atomic mass is 10.1. The molecule has 1 heterocycles. The van der Waals surface area contributed by atoms with E-state index in [0.29, 0.717) is 35.6 Å². The molecule has 2 aromatic carbocycles. The van der Waals surface area contributed by atoms with Crippen LogP contribution in [0, 0.1) is 0 Å². The lowest BCUT2D eigenvalue weighted by molar-refractivity contribution is 0.0216. The molecule has 2 aromatic rings. The van der Waals surface area contributed by atoms with Gasteiger partial charge in [-0.3, -0.25) is 0 Å². The summed E-state index contributed by atoms with van der Waals surface area (Å²) >= 11 is 0. The number of anilines is 2. The van der Waals surface area contributed by atoms with Crippen molar-refractivity contribution in [2.24, 2.45) is 0 Å². The van der Waals surface area contributed by atoms with Crippen molar-refractivity contribution in [3.8, 4) is 17.2 Å². The fraction of sp³-hybridized carbons (Fsp3) is 0.400. The zero-order valence-electron chi connectivity index (χ0n) is 14.9. The Morgan fingerprint density at radius 2 is 1.85 bits per heavy atom. The van der Waals surface area contributed by atoms with Gasteiger partial charge in [0.25, 0.3) is 0 Å². The molecule has 1 fully saturated rings. The number of hydrogen-bond donors (Lipinski definition) is 3. The number of nitrogens with two attached hydrogens (primary N) is 2. The van der Waals surface area contributed by atoms with E-state index in [1.165, 1.54) is 0 Å². The second-order valence-corrected chi connectivity index (χ2v) is 6.41. The summed E-state index contributed by atoms with van der Waals surface area (Å²) in [5.74, 6) is 2.14. The Morgan fingerprint density at radius 3 is 2.65 bits per heavy atom. The van der Waals surface area contributed by atoms with E-state index in [9.17, 15) is 0 Å². The average molecular weight is 357 g/mol. The molecule has 3 rings (SSSR count). The minimum Gasteiger partial charge on any atom is -0.493 e. The number of rotatable bonds is 8. The summed E-state index contributed by atoms with van der Waals surface area (Å²) in [5.41, 5.74) is 12.6. The Bertz CT molecular complexity index is 702. The number of morpholine rings is 1. The zero-order chi connectivity index (χ0) is 18.2. The second-order valence-electron chi connectivity index (χ2n) is 6.41. The third-order valence-corrected chi connectivity index (χ3v) is 4.29. The third-order valence-electron chi connectivity index (χ3n) is 4.29. The molecule has 1 aliphatic heterocycles. The molecular formula is C20H27N3O3. The number of hydrogen-bond acceptors (Lipinski definition) is 6. The molecule has 26 heavy (non-hydrogen) atoms. The average Bonchev–Trinajstić information content (AvgIpc) is 2.66. The van der Waals surface area contributed by atoms with Gasteiger partial charge >= 0.3 is 0 Å². The first kappa shape index (κ1) is 18.4. The second kappa shape index (κ2) is 9.31. The van der Waals surface area contributed by atoms with Gasteiger partial charge < -0.3 is 31.0 Å². The molecule has 1 unspecified atom stereocenters. The predicted octanol–water partition coefficient (Wildman–Crippen LogP) is 3.18. The van der Waals surface area contributed by atoms with Crippen molar-refractivity contribution in [2.75, 3.05) is 37.8 Å². The molecule has 1 atom stereocenters. The highest BCUT2D eigenvalue weighted by Gasteiger charge is 2.12. The minimum atomic E-state index is 0.341. The first-order chi connectivity index (χ1) is 12.7. The first-order valence-corrected chi connectivity index (χ1v) is 9.09. The van der Waals surface area contributed by atoms with E-state index in [-0.39, 0.29) is 0 Å². The molecule has 5 N–H and O–H groups in total. The van der Waals surface area contributed by atoms with Crippen LogP contribution in [0.5, 0.6) is 17.2 Å². The molecule has 0 aliphatic carbocycles. The van der Waals surface area contributed by atoms with E-state index in [0.717, 1.165) is 44.7 Å². The van der Waals surface area contributed by atoms with Crippen LogP contribution < -0.4 is 26.3 Å². The number of benzene rings is 2. The molecule has 140 valence electrons. The fourth-order valence-electron chi connectivity index (χ4n) is 2.85. The van der Waals surface area contributed by atoms with Gasteiger partial charge in [-0.05, 0) is 43.5 Å². The van der Waals surface area contributed by atoms with Crippen LogP contribution >= 0.6 is 0 Å². The molecule has 6 heteroatoms. The number of ether oxygens (including phenoxy) is 3. The van der Waals surface area contributed by atoms with E-state index >= 15 is 0 Å². The van der Waals surface area contributed by atoms with Gasteiger partial charge in [0.2, 0.25) is 0 Å². The van der Waals surface area contributed by atoms with E-state index in [4.69, 9.17) is 25.7 Å². The zero-order valence-corrected chi connectivity index (χ0v) is 14.9. The number of nitrogen functional groups attached to an aromatic ring is 2. The Labute approximate surface area is 154 Å². The lowest BCUT2D eigenvalue weighted by Gasteiger charge is -2.23. The molecule has 1 aliphatic rings. The molecule has 6 nitrogen and oxygen atoms in total. The monoisotopic (exact) mass is 357 g/mol. The van der Waals surface area contributed by atoms with Crippen LogP contribution in [0.2, 0.25) is 0 Å². The standard InChI is InChI=1S/C20H27N3O3/c21-19-8-7-17(13-20(19)22)26-16-6-3-5-15(12-16)24-10-2-1-4-18-14-23-9-11-25-18/h3,5-8,12-13,18,23H,1-2,4,9-11,14,21-22H2. The van der Waals surface area contributed by atoms with Gasteiger partial charge in [0.15, 0.2) is 0 Å². The summed E-state index contributed by atoms with van der Waals surface area (Å²) in [6.45, 7) is 3.41. The molecule has 0 amide bonds. The summed E-state index contributed by atoms with van der Waals surface area (Å²) in [7, 11) is 0. The third kappa shape index (κ3) is 5.54. The smallest absolute Gasteiger partial charge is 0.131 e. The molecule has 0 aromatic heterocycles. The molecule has 0 bridgehead atoms. The van der Waals surface area contributed by atoms with Gasteiger partial charge in [0.1, 0.15) is 17.2 Å². The molecule has 0 radical (unpaired) electrons. The van der Waals surface area contributed by atoms with Gasteiger partial charge in [-0.25, -0.2) is 0 Å². The Balaban J connectivity index is 1.42. The largest absolute Gasteiger partial charge is 0.493 e. The van der Waals surface area contributed by atoms with Crippen LogP contribution in [0.3, 0.4) is 0 Å². The van der Waals surface area contributed by atoms with Crippen molar-refractivity contribution in [1.29, 1.82) is 0 Å². The van der Waals surface area contributed by atoms with Crippen molar-refractivity contribution >= 4 is 11.4 Å². The van der Waals surface area contributed by atoms with Gasteiger partial charge in [0.05, 0.1) is 30.7 Å². The SMILES string of the molecule is Nc1ccc(Oc2cccc(OCCCCC3CNCCO3)c2)cc1N. The topological polar surface area (TPSA) is 91.8 Å². The van der Waals surface area contributed by atoms with Crippen LogP contribution in [0.4, 0.5) is 11.4 Å². The minimum absolute atomic E-state index is 0.341. The van der Waals surface area contributed by atoms with Gasteiger partial charge in [-0.2, -0.15) is 0 Å². The lowest BCUT2D eigenvalue weighted by Crippen LogP contribution is -2.38. The number of nitrogens with one attached hydrogen (secondary N) is 1. The van der Waals surface area contributed by atoms with E-state index < -0.39 is 0 Å². The van der Waals surface area contributed by atoms with Crippen LogP contribution in [-0.2, 0) is 4.74 Å². The summed E-state index contributed by atoms with van der Waals surface area (Å²) in [4.78, 5) is 0. The normalized spacial score (nSPS) is 17.0. The summed E-state index contributed by atoms with van der Waals surface area (Å²) in [6, 6.07) is 12.8. The summed E-state index contributed by atoms with van der Waals surface area (Å²) < 4.78 is 17.4. The van der Waals surface area contributed by atoms with E-state index in [1.54, 1.807) is 18.2 Å². The highest BCUT2D eigenvalue weighted by molar-refractivity contribution is 5.65. The maximum atomic E-state index is 5.84. The van der Waals surface area contributed by atoms with Gasteiger partial charge in [0, 0.05) is 25.2 Å². The van der Waals surface area contributed by atoms with Crippen molar-refractivity contribution < 1.29 is 14.2 Å². The van der Waals surface area contributed by atoms with Crippen LogP contribution in [0.15, 0.2) is 42.5 Å². The van der Waals surface area contributed by atoms with Crippen molar-refractivity contribution in [3.05, 3.63) is 42.5 Å². The maximum Gasteiger partial charge on any atom is 0.131 e. The molecule has 0 saturated carbocycles. The van der Waals surface area contributed by atoms with Crippen LogP contribution in [-0.4, -0.2) is 32.4 Å². The van der Waals surface area contributed by atoms with Crippen LogP contribution in [0.1, 0.15) is 19.3 Å². The quantitative estimate of drug-likeness (QED) is 0.496. The highest BCUT2D eigenvalue weighted by atomic mass is 16.5. The Morgan fingerprint density at radius 1 is 1.00 bits per heavy atom. The number of unbranched alkanes of at least 4 members (excludes halogenated alkanes) is 1. The van der Waals surface area contributed by atoms with Crippen molar-refractivity contribution in [3.63, 3.8) is 0 Å². The molecule has 0 spiro atoms. The maximum absolute atomic E-state index is 5.84. The summed E-state index contributed by atoms with van der Waals surface area (Å²) in [6.07, 6.45) is 3.50. The van der Waals surface area contributed by atoms with E-state index in [2.05, 4.69) is 5.32 Å². The molecular weight excluding hydrogens is 330 g/mol. The highest BCUT2D eigenvalue weighted by Crippen LogP contribution is 2.28.